The maximum atomic E-state index is 5.17. The molecule has 1 aliphatic rings. The van der Waals surface area contributed by atoms with Gasteiger partial charge in [-0.15, -0.1) is 0 Å². The Morgan fingerprint density at radius 1 is 1.45 bits per heavy atom. The molecule has 0 N–H and O–H groups in total. The third-order valence-corrected chi connectivity index (χ3v) is 2.03. The molecule has 0 saturated heterocycles. The molecule has 0 unspecified atom stereocenters. The minimum absolute atomic E-state index is 0.972. The van der Waals surface area contributed by atoms with Crippen LogP contribution < -0.4 is 0 Å². The highest BCUT2D eigenvalue weighted by molar-refractivity contribution is 5.86. The van der Waals surface area contributed by atoms with Crippen LogP contribution in [0.2, 0.25) is 0 Å². The molecule has 0 aromatic heterocycles. The fourth-order valence-electron chi connectivity index (χ4n) is 1.29. The van der Waals surface area contributed by atoms with Crippen molar-refractivity contribution in [3.8, 4) is 0 Å². The van der Waals surface area contributed by atoms with Gasteiger partial charge >= 0.3 is 0 Å². The predicted octanol–water partition coefficient (Wildman–Crippen LogP) is 2.16. The van der Waals surface area contributed by atoms with Crippen molar-refractivity contribution in [1.29, 1.82) is 0 Å². The van der Waals surface area contributed by atoms with Gasteiger partial charge in [0.1, 0.15) is 0 Å². The number of rotatable bonds is 1. The third-order valence-electron chi connectivity index (χ3n) is 2.03. The van der Waals surface area contributed by atoms with E-state index < -0.39 is 0 Å². The maximum absolute atomic E-state index is 5.17. The van der Waals surface area contributed by atoms with E-state index in [1.54, 1.807) is 7.11 Å². The Balaban J connectivity index is 2.56. The van der Waals surface area contributed by atoms with Crippen LogP contribution in [0.3, 0.4) is 0 Å². The molecule has 0 atom stereocenters. The Morgan fingerprint density at radius 2 is 2.27 bits per heavy atom. The minimum Gasteiger partial charge on any atom is -0.501 e. The zero-order valence-electron chi connectivity index (χ0n) is 7.26. The summed E-state index contributed by atoms with van der Waals surface area (Å²) in [6, 6.07) is 0. The second kappa shape index (κ2) is 4.16. The molecule has 0 aliphatic heterocycles. The number of ether oxygens (including phenoxy) is 1. The molecule has 0 saturated carbocycles. The van der Waals surface area contributed by atoms with Gasteiger partial charge in [0.25, 0.3) is 0 Å². The van der Waals surface area contributed by atoms with Crippen LogP contribution in [0.15, 0.2) is 16.8 Å². The van der Waals surface area contributed by atoms with E-state index in [0.29, 0.717) is 0 Å². The van der Waals surface area contributed by atoms with Gasteiger partial charge in [0.15, 0.2) is 0 Å². The van der Waals surface area contributed by atoms with Crippen molar-refractivity contribution in [2.45, 2.75) is 25.7 Å². The maximum Gasteiger partial charge on any atom is 0.0919 e. The first kappa shape index (κ1) is 8.31. The summed E-state index contributed by atoms with van der Waals surface area (Å²) in [6.45, 7) is 0. The average molecular weight is 153 g/mol. The molecule has 0 heterocycles. The van der Waals surface area contributed by atoms with Gasteiger partial charge in [0.05, 0.1) is 12.9 Å². The SMILES string of the molecule is CN=C1CC=C(OC)CCC1. The molecule has 1 aliphatic carbocycles. The van der Waals surface area contributed by atoms with Gasteiger partial charge in [0, 0.05) is 25.6 Å². The molecule has 0 radical (unpaired) electrons. The van der Waals surface area contributed by atoms with Gasteiger partial charge in [-0.25, -0.2) is 0 Å². The van der Waals surface area contributed by atoms with Crippen molar-refractivity contribution in [3.63, 3.8) is 0 Å². The number of methoxy groups -OCH3 is 1. The smallest absolute Gasteiger partial charge is 0.0919 e. The molecule has 0 spiro atoms. The largest absolute Gasteiger partial charge is 0.501 e. The van der Waals surface area contributed by atoms with Crippen LogP contribution in [0.1, 0.15) is 25.7 Å². The highest BCUT2D eigenvalue weighted by atomic mass is 16.5. The first-order valence-electron chi connectivity index (χ1n) is 4.04. The van der Waals surface area contributed by atoms with Gasteiger partial charge in [-0.05, 0) is 18.9 Å². The standard InChI is InChI=1S/C9H15NO/c1-10-8-4-3-5-9(11-2)7-6-8/h7H,3-6H2,1-2H3. The fraction of sp³-hybridized carbons (Fsp3) is 0.667. The highest BCUT2D eigenvalue weighted by Crippen LogP contribution is 2.15. The minimum atomic E-state index is 0.972. The van der Waals surface area contributed by atoms with E-state index in [9.17, 15) is 0 Å². The Bertz CT molecular complexity index is 182. The number of nitrogens with zero attached hydrogens (tertiary/aromatic N) is 1. The Morgan fingerprint density at radius 3 is 2.91 bits per heavy atom. The molecule has 11 heavy (non-hydrogen) atoms. The first-order chi connectivity index (χ1) is 5.36. The molecule has 2 nitrogen and oxygen atoms in total. The molecular formula is C9H15NO. The zero-order chi connectivity index (χ0) is 8.10. The molecule has 1 rings (SSSR count). The number of hydrogen-bond acceptors (Lipinski definition) is 2. The van der Waals surface area contributed by atoms with Crippen molar-refractivity contribution in [2.24, 2.45) is 4.99 Å². The molecule has 0 amide bonds. The second-order valence-corrected chi connectivity index (χ2v) is 2.72. The summed E-state index contributed by atoms with van der Waals surface area (Å²) in [7, 11) is 3.60. The average Bonchev–Trinajstić information content (AvgIpc) is 2.28. The van der Waals surface area contributed by atoms with E-state index in [-0.39, 0.29) is 0 Å². The third kappa shape index (κ3) is 2.37. The van der Waals surface area contributed by atoms with Gasteiger partial charge in [-0.2, -0.15) is 0 Å². The fourth-order valence-corrected chi connectivity index (χ4v) is 1.29. The Labute approximate surface area is 68.0 Å². The number of hydrogen-bond donors (Lipinski definition) is 0. The lowest BCUT2D eigenvalue weighted by molar-refractivity contribution is 0.275. The van der Waals surface area contributed by atoms with E-state index in [1.165, 1.54) is 12.1 Å². The van der Waals surface area contributed by atoms with E-state index in [0.717, 1.165) is 25.0 Å². The molecular weight excluding hydrogens is 138 g/mol. The summed E-state index contributed by atoms with van der Waals surface area (Å²) in [5.41, 5.74) is 1.29. The zero-order valence-corrected chi connectivity index (χ0v) is 7.26. The summed E-state index contributed by atoms with van der Waals surface area (Å²) in [5.74, 6) is 1.11. The van der Waals surface area contributed by atoms with Crippen LogP contribution in [-0.4, -0.2) is 19.9 Å². The van der Waals surface area contributed by atoms with E-state index >= 15 is 0 Å². The van der Waals surface area contributed by atoms with Crippen LogP contribution >= 0.6 is 0 Å². The quantitative estimate of drug-likeness (QED) is 0.565. The number of allylic oxidation sites excluding steroid dienone is 2. The lowest BCUT2D eigenvalue weighted by Gasteiger charge is -2.00. The number of aliphatic imine (C=N–C) groups is 1. The van der Waals surface area contributed by atoms with Crippen LogP contribution in [0.5, 0.6) is 0 Å². The van der Waals surface area contributed by atoms with Crippen LogP contribution in [0.25, 0.3) is 0 Å². The summed E-state index contributed by atoms with van der Waals surface area (Å²) in [6.07, 6.45) is 6.47. The molecule has 0 bridgehead atoms. The van der Waals surface area contributed by atoms with Crippen LogP contribution in [-0.2, 0) is 4.74 Å². The molecule has 0 aromatic rings. The molecule has 62 valence electrons. The molecule has 2 heteroatoms. The Kier molecular flexibility index (Phi) is 3.14. The first-order valence-corrected chi connectivity index (χ1v) is 4.04. The van der Waals surface area contributed by atoms with E-state index in [1.807, 2.05) is 7.05 Å². The van der Waals surface area contributed by atoms with Crippen molar-refractivity contribution >= 4 is 5.71 Å². The summed E-state index contributed by atoms with van der Waals surface area (Å²) in [4.78, 5) is 4.19. The Hall–Kier alpha value is -0.790. The summed E-state index contributed by atoms with van der Waals surface area (Å²) < 4.78 is 5.17. The van der Waals surface area contributed by atoms with E-state index in [4.69, 9.17) is 4.74 Å². The lowest BCUT2D eigenvalue weighted by atomic mass is 10.2. The molecule has 0 aromatic carbocycles. The van der Waals surface area contributed by atoms with Gasteiger partial charge < -0.3 is 4.74 Å². The van der Waals surface area contributed by atoms with Gasteiger partial charge in [-0.1, -0.05) is 0 Å². The van der Waals surface area contributed by atoms with E-state index in [2.05, 4.69) is 11.1 Å². The lowest BCUT2D eigenvalue weighted by Crippen LogP contribution is -1.93. The second-order valence-electron chi connectivity index (χ2n) is 2.72. The van der Waals surface area contributed by atoms with Crippen LogP contribution in [0.4, 0.5) is 0 Å². The normalized spacial score (nSPS) is 22.7. The molecule has 0 fully saturated rings. The summed E-state index contributed by atoms with van der Waals surface area (Å²) in [5, 5.41) is 0. The van der Waals surface area contributed by atoms with Gasteiger partial charge in [0.2, 0.25) is 0 Å². The monoisotopic (exact) mass is 153 g/mol. The van der Waals surface area contributed by atoms with Gasteiger partial charge in [-0.3, -0.25) is 4.99 Å². The van der Waals surface area contributed by atoms with Crippen LogP contribution in [0, 0.1) is 0 Å². The van der Waals surface area contributed by atoms with Crippen molar-refractivity contribution < 1.29 is 4.74 Å². The highest BCUT2D eigenvalue weighted by Gasteiger charge is 2.05. The topological polar surface area (TPSA) is 21.6 Å². The van der Waals surface area contributed by atoms with Crippen molar-refractivity contribution in [3.05, 3.63) is 11.8 Å². The van der Waals surface area contributed by atoms with Crippen molar-refractivity contribution in [2.75, 3.05) is 14.2 Å². The summed E-state index contributed by atoms with van der Waals surface area (Å²) >= 11 is 0. The van der Waals surface area contributed by atoms with Crippen molar-refractivity contribution in [1.82, 2.24) is 0 Å². The predicted molar refractivity (Wildman–Crippen MR) is 46.9 cm³/mol.